The maximum absolute atomic E-state index is 12.4. The van der Waals surface area contributed by atoms with Crippen LogP contribution < -0.4 is 9.47 Å². The molecule has 2 aromatic carbocycles. The lowest BCUT2D eigenvalue weighted by Gasteiger charge is -2.13. The van der Waals surface area contributed by atoms with Crippen LogP contribution in [0.2, 0.25) is 0 Å². The molecule has 0 unspecified atom stereocenters. The van der Waals surface area contributed by atoms with Crippen LogP contribution in [-0.4, -0.2) is 51.9 Å². The molecule has 2 aromatic rings. The molecule has 9 heteroatoms. The second-order valence-electron chi connectivity index (χ2n) is 5.43. The first-order chi connectivity index (χ1) is 12.4. The van der Waals surface area contributed by atoms with Crippen LogP contribution >= 0.6 is 0 Å². The van der Waals surface area contributed by atoms with Crippen LogP contribution in [0.25, 0.3) is 0 Å². The van der Waals surface area contributed by atoms with Crippen molar-refractivity contribution in [1.29, 1.82) is 0 Å². The summed E-state index contributed by atoms with van der Waals surface area (Å²) in [4.78, 5) is 0.0332. The summed E-state index contributed by atoms with van der Waals surface area (Å²) in [5.41, 5.74) is 1.09. The molecule has 0 saturated carbocycles. The standard InChI is InChI=1S/C17H17N3O5S/c1-20(18-10-11-7-8-13(21)15(9-11)25-3)17-12-5-4-6-14(24-2)16(12)26(22,23)19-17/h4-10,21H,1-3H3. The van der Waals surface area contributed by atoms with E-state index in [-0.39, 0.29) is 22.2 Å². The lowest BCUT2D eigenvalue weighted by Crippen LogP contribution is -2.21. The van der Waals surface area contributed by atoms with Crippen molar-refractivity contribution in [3.05, 3.63) is 47.5 Å². The highest BCUT2D eigenvalue weighted by Crippen LogP contribution is 2.35. The number of rotatable bonds is 4. The average molecular weight is 375 g/mol. The van der Waals surface area contributed by atoms with Crippen LogP contribution in [0.15, 0.2) is 50.8 Å². The summed E-state index contributed by atoms with van der Waals surface area (Å²) in [7, 11) is 0.602. The number of phenols is 1. The van der Waals surface area contributed by atoms with E-state index in [2.05, 4.69) is 9.50 Å². The number of benzene rings is 2. The second kappa shape index (κ2) is 6.68. The molecule has 0 aliphatic carbocycles. The van der Waals surface area contributed by atoms with Gasteiger partial charge in [-0.1, -0.05) is 6.07 Å². The van der Waals surface area contributed by atoms with Crippen molar-refractivity contribution in [1.82, 2.24) is 5.01 Å². The van der Waals surface area contributed by atoms with Gasteiger partial charge in [-0.2, -0.15) is 13.5 Å². The number of phenolic OH excluding ortho intramolecular Hbond substituents is 1. The third-order valence-electron chi connectivity index (χ3n) is 3.79. The number of hydrazone groups is 1. The summed E-state index contributed by atoms with van der Waals surface area (Å²) in [6, 6.07) is 9.65. The predicted octanol–water partition coefficient (Wildman–Crippen LogP) is 1.82. The van der Waals surface area contributed by atoms with E-state index in [1.807, 2.05) is 0 Å². The Morgan fingerprint density at radius 3 is 2.58 bits per heavy atom. The van der Waals surface area contributed by atoms with Gasteiger partial charge in [0.2, 0.25) is 0 Å². The maximum Gasteiger partial charge on any atom is 0.288 e. The minimum atomic E-state index is -3.85. The molecule has 0 saturated heterocycles. The molecule has 1 N–H and O–H groups in total. The predicted molar refractivity (Wildman–Crippen MR) is 96.7 cm³/mol. The fourth-order valence-corrected chi connectivity index (χ4v) is 3.92. The maximum atomic E-state index is 12.4. The van der Waals surface area contributed by atoms with Gasteiger partial charge in [-0.3, -0.25) is 0 Å². The molecule has 8 nitrogen and oxygen atoms in total. The number of hydrogen-bond acceptors (Lipinski definition) is 7. The number of hydrogen-bond donors (Lipinski definition) is 1. The van der Waals surface area contributed by atoms with Gasteiger partial charge in [-0.25, -0.2) is 5.01 Å². The van der Waals surface area contributed by atoms with Crippen molar-refractivity contribution in [2.45, 2.75) is 4.90 Å². The Kier molecular flexibility index (Phi) is 4.56. The Morgan fingerprint density at radius 2 is 1.88 bits per heavy atom. The van der Waals surface area contributed by atoms with Gasteiger partial charge >= 0.3 is 0 Å². The Labute approximate surface area is 151 Å². The van der Waals surface area contributed by atoms with E-state index in [0.29, 0.717) is 16.9 Å². The first-order valence-electron chi connectivity index (χ1n) is 7.54. The van der Waals surface area contributed by atoms with Gasteiger partial charge in [0, 0.05) is 12.6 Å². The van der Waals surface area contributed by atoms with Crippen LogP contribution in [0, 0.1) is 0 Å². The van der Waals surface area contributed by atoms with Gasteiger partial charge in [0.25, 0.3) is 10.0 Å². The van der Waals surface area contributed by atoms with Crippen LogP contribution in [0.3, 0.4) is 0 Å². The van der Waals surface area contributed by atoms with Gasteiger partial charge < -0.3 is 14.6 Å². The highest BCUT2D eigenvalue weighted by molar-refractivity contribution is 7.90. The first kappa shape index (κ1) is 17.7. The lowest BCUT2D eigenvalue weighted by atomic mass is 10.2. The zero-order chi connectivity index (χ0) is 18.9. The van der Waals surface area contributed by atoms with Crippen molar-refractivity contribution in [2.24, 2.45) is 9.50 Å². The molecular weight excluding hydrogens is 358 g/mol. The van der Waals surface area contributed by atoms with Crippen LogP contribution in [0.4, 0.5) is 0 Å². The van der Waals surface area contributed by atoms with Crippen molar-refractivity contribution in [3.63, 3.8) is 0 Å². The first-order valence-corrected chi connectivity index (χ1v) is 8.98. The second-order valence-corrected chi connectivity index (χ2v) is 6.97. The molecule has 0 aromatic heterocycles. The average Bonchev–Trinajstić information content (AvgIpc) is 2.92. The summed E-state index contributed by atoms with van der Waals surface area (Å²) >= 11 is 0. The summed E-state index contributed by atoms with van der Waals surface area (Å²) in [5.74, 6) is 0.764. The zero-order valence-electron chi connectivity index (χ0n) is 14.4. The van der Waals surface area contributed by atoms with Crippen molar-refractivity contribution in [3.8, 4) is 17.2 Å². The van der Waals surface area contributed by atoms with Gasteiger partial charge in [-0.05, 0) is 35.9 Å². The summed E-state index contributed by atoms with van der Waals surface area (Å²) in [6.45, 7) is 0. The van der Waals surface area contributed by atoms with E-state index in [1.54, 1.807) is 37.4 Å². The van der Waals surface area contributed by atoms with E-state index < -0.39 is 10.0 Å². The van der Waals surface area contributed by atoms with Gasteiger partial charge in [0.15, 0.2) is 17.3 Å². The lowest BCUT2D eigenvalue weighted by molar-refractivity contribution is 0.373. The van der Waals surface area contributed by atoms with Crippen LogP contribution in [0.5, 0.6) is 17.2 Å². The summed E-state index contributed by atoms with van der Waals surface area (Å²) in [6.07, 6.45) is 1.51. The van der Waals surface area contributed by atoms with E-state index in [1.165, 1.54) is 31.5 Å². The Bertz CT molecular complexity index is 1020. The van der Waals surface area contributed by atoms with Crippen molar-refractivity contribution in [2.75, 3.05) is 21.3 Å². The molecule has 1 heterocycles. The third kappa shape index (κ3) is 3.08. The number of amidine groups is 1. The van der Waals surface area contributed by atoms with Crippen molar-refractivity contribution >= 4 is 22.1 Å². The quantitative estimate of drug-likeness (QED) is 0.646. The van der Waals surface area contributed by atoms with Gasteiger partial charge in [-0.15, -0.1) is 4.40 Å². The number of methoxy groups -OCH3 is 2. The Balaban J connectivity index is 1.94. The molecule has 3 rings (SSSR count). The molecule has 1 aliphatic rings. The molecule has 0 amide bonds. The molecule has 0 spiro atoms. The van der Waals surface area contributed by atoms with Crippen LogP contribution in [0.1, 0.15) is 11.1 Å². The number of ether oxygens (including phenoxy) is 2. The highest BCUT2D eigenvalue weighted by Gasteiger charge is 2.34. The Morgan fingerprint density at radius 1 is 1.15 bits per heavy atom. The topological polar surface area (TPSA) is 101 Å². The minimum Gasteiger partial charge on any atom is -0.504 e. The Hall–Kier alpha value is -3.07. The third-order valence-corrected chi connectivity index (χ3v) is 5.14. The number of fused-ring (bicyclic) bond motifs is 1. The molecule has 0 atom stereocenters. The molecule has 26 heavy (non-hydrogen) atoms. The zero-order valence-corrected chi connectivity index (χ0v) is 15.2. The van der Waals surface area contributed by atoms with E-state index >= 15 is 0 Å². The van der Waals surface area contributed by atoms with Gasteiger partial charge in [0.05, 0.1) is 20.4 Å². The molecule has 0 radical (unpaired) electrons. The smallest absolute Gasteiger partial charge is 0.288 e. The molecule has 0 fully saturated rings. The van der Waals surface area contributed by atoms with Gasteiger partial charge in [0.1, 0.15) is 10.6 Å². The molecule has 1 aliphatic heterocycles. The van der Waals surface area contributed by atoms with E-state index in [9.17, 15) is 13.5 Å². The largest absolute Gasteiger partial charge is 0.504 e. The summed E-state index contributed by atoms with van der Waals surface area (Å²) < 4.78 is 38.7. The fourth-order valence-electron chi connectivity index (χ4n) is 2.54. The SMILES string of the molecule is COc1cc(C=NN(C)C2=NS(=O)(=O)c3c(OC)cccc32)ccc1O. The molecule has 0 bridgehead atoms. The van der Waals surface area contributed by atoms with Crippen molar-refractivity contribution < 1.29 is 23.0 Å². The minimum absolute atomic E-state index is 0.0188. The highest BCUT2D eigenvalue weighted by atomic mass is 32.2. The summed E-state index contributed by atoms with van der Waals surface area (Å²) in [5, 5.41) is 15.2. The molecular formula is C17H17N3O5S. The van der Waals surface area contributed by atoms with E-state index in [4.69, 9.17) is 9.47 Å². The monoisotopic (exact) mass is 375 g/mol. The fraction of sp³-hybridized carbons (Fsp3) is 0.176. The van der Waals surface area contributed by atoms with Crippen LogP contribution in [-0.2, 0) is 10.0 Å². The molecule has 136 valence electrons. The normalized spacial score (nSPS) is 14.8. The number of nitrogens with zero attached hydrogens (tertiary/aromatic N) is 3. The number of sulfonamides is 1. The number of aromatic hydroxyl groups is 1. The van der Waals surface area contributed by atoms with E-state index in [0.717, 1.165) is 0 Å².